The summed E-state index contributed by atoms with van der Waals surface area (Å²) in [6, 6.07) is 21.2. The number of nitrogens with zero attached hydrogens (tertiary/aromatic N) is 2. The maximum Gasteiger partial charge on any atom is 0.215 e. The summed E-state index contributed by atoms with van der Waals surface area (Å²) in [6.07, 6.45) is 3.49. The van der Waals surface area contributed by atoms with Crippen LogP contribution < -0.4 is 4.72 Å². The van der Waals surface area contributed by atoms with Crippen molar-refractivity contribution in [3.8, 4) is 33.9 Å². The highest BCUT2D eigenvalue weighted by molar-refractivity contribution is 7.88. The van der Waals surface area contributed by atoms with E-state index in [1.54, 1.807) is 12.4 Å². The predicted octanol–water partition coefficient (Wildman–Crippen LogP) is 3.85. The maximum atomic E-state index is 11.8. The molecule has 2 aromatic heterocycles. The quantitative estimate of drug-likeness (QED) is 0.511. The molecule has 29 heavy (non-hydrogen) atoms. The van der Waals surface area contributed by atoms with Gasteiger partial charge in [-0.15, -0.1) is 0 Å². The fourth-order valence-corrected chi connectivity index (χ4v) is 3.87. The van der Waals surface area contributed by atoms with Crippen molar-refractivity contribution in [1.29, 1.82) is 0 Å². The van der Waals surface area contributed by atoms with E-state index in [0.29, 0.717) is 5.56 Å². The lowest BCUT2D eigenvalue weighted by atomic mass is 10.0. The zero-order chi connectivity index (χ0) is 20.3. The number of pyridine rings is 1. The molecule has 0 amide bonds. The third-order valence-corrected chi connectivity index (χ3v) is 5.95. The smallest absolute Gasteiger partial charge is 0.215 e. The van der Waals surface area contributed by atoms with Crippen molar-refractivity contribution < 1.29 is 8.42 Å². The van der Waals surface area contributed by atoms with Gasteiger partial charge < -0.3 is 4.98 Å². The van der Waals surface area contributed by atoms with Gasteiger partial charge in [-0.1, -0.05) is 54.6 Å². The molecular weight excluding hydrogens is 384 g/mol. The van der Waals surface area contributed by atoms with Crippen LogP contribution in [0.3, 0.4) is 0 Å². The molecule has 0 saturated heterocycles. The Morgan fingerprint density at radius 3 is 2.21 bits per heavy atom. The standard InChI is InChI=1S/C22H20N4O2S/c1-23-29(27,28)15-16-7-9-17(10-8-16)20-21(18-11-13-24-14-12-18)26-22(25-20)19-5-3-2-4-6-19/h2-14,23H,15H2,1H3,(H,25,26). The molecule has 0 aliphatic carbocycles. The van der Waals surface area contributed by atoms with Gasteiger partial charge in [0, 0.05) is 29.1 Å². The van der Waals surface area contributed by atoms with Crippen molar-refractivity contribution in [2.24, 2.45) is 0 Å². The van der Waals surface area contributed by atoms with Crippen molar-refractivity contribution in [3.05, 3.63) is 84.7 Å². The molecule has 0 atom stereocenters. The van der Waals surface area contributed by atoms with E-state index in [0.717, 1.165) is 33.9 Å². The summed E-state index contributed by atoms with van der Waals surface area (Å²) in [5.41, 5.74) is 5.28. The summed E-state index contributed by atoms with van der Waals surface area (Å²) < 4.78 is 25.9. The number of rotatable bonds is 6. The van der Waals surface area contributed by atoms with E-state index in [9.17, 15) is 8.42 Å². The molecule has 0 bridgehead atoms. The topological polar surface area (TPSA) is 87.7 Å². The molecule has 2 heterocycles. The van der Waals surface area contributed by atoms with Gasteiger partial charge in [0.15, 0.2) is 0 Å². The molecule has 4 rings (SSSR count). The molecule has 146 valence electrons. The molecule has 0 aliphatic rings. The average molecular weight is 404 g/mol. The number of imidazole rings is 1. The van der Waals surface area contributed by atoms with Crippen molar-refractivity contribution in [2.45, 2.75) is 5.75 Å². The minimum Gasteiger partial charge on any atom is -0.337 e. The zero-order valence-corrected chi connectivity index (χ0v) is 16.6. The third-order valence-electron chi connectivity index (χ3n) is 4.62. The average Bonchev–Trinajstić information content (AvgIpc) is 3.21. The first-order valence-corrected chi connectivity index (χ1v) is 10.8. The number of sulfonamides is 1. The largest absolute Gasteiger partial charge is 0.337 e. The van der Waals surface area contributed by atoms with Crippen molar-refractivity contribution in [2.75, 3.05) is 7.05 Å². The molecule has 0 fully saturated rings. The Morgan fingerprint density at radius 1 is 0.862 bits per heavy atom. The molecule has 2 N–H and O–H groups in total. The summed E-state index contributed by atoms with van der Waals surface area (Å²) >= 11 is 0. The van der Waals surface area contributed by atoms with E-state index < -0.39 is 10.0 Å². The molecule has 0 spiro atoms. The van der Waals surface area contributed by atoms with Crippen molar-refractivity contribution >= 4 is 10.0 Å². The lowest BCUT2D eigenvalue weighted by Gasteiger charge is -2.06. The van der Waals surface area contributed by atoms with Crippen LogP contribution in [0.15, 0.2) is 79.1 Å². The van der Waals surface area contributed by atoms with Gasteiger partial charge >= 0.3 is 0 Å². The lowest BCUT2D eigenvalue weighted by molar-refractivity contribution is 0.587. The van der Waals surface area contributed by atoms with E-state index in [4.69, 9.17) is 4.98 Å². The number of hydrogen-bond acceptors (Lipinski definition) is 4. The fraction of sp³-hybridized carbons (Fsp3) is 0.0909. The van der Waals surface area contributed by atoms with Gasteiger partial charge in [-0.05, 0) is 24.7 Å². The summed E-state index contributed by atoms with van der Waals surface area (Å²) in [5.74, 6) is 0.714. The van der Waals surface area contributed by atoms with Crippen LogP contribution in [-0.4, -0.2) is 30.4 Å². The Balaban J connectivity index is 1.77. The fourth-order valence-electron chi connectivity index (χ4n) is 3.09. The highest BCUT2D eigenvalue weighted by Crippen LogP contribution is 2.33. The molecule has 0 radical (unpaired) electrons. The minimum atomic E-state index is -3.31. The number of benzene rings is 2. The van der Waals surface area contributed by atoms with Gasteiger partial charge in [0.05, 0.1) is 17.1 Å². The third kappa shape index (κ3) is 4.26. The summed E-state index contributed by atoms with van der Waals surface area (Å²) in [5, 5.41) is 0. The SMILES string of the molecule is CNS(=O)(=O)Cc1ccc(-c2nc(-c3ccccc3)[nH]c2-c2ccncc2)cc1. The van der Waals surface area contributed by atoms with Crippen LogP contribution >= 0.6 is 0 Å². The number of aromatic nitrogens is 3. The summed E-state index contributed by atoms with van der Waals surface area (Å²) in [6.45, 7) is 0. The highest BCUT2D eigenvalue weighted by Gasteiger charge is 2.16. The molecule has 4 aromatic rings. The second-order valence-corrected chi connectivity index (χ2v) is 8.50. The van der Waals surface area contributed by atoms with Crippen LogP contribution in [0.4, 0.5) is 0 Å². The zero-order valence-electron chi connectivity index (χ0n) is 15.8. The first-order chi connectivity index (χ1) is 14.1. The van der Waals surface area contributed by atoms with Gasteiger partial charge in [0.1, 0.15) is 5.82 Å². The number of H-pyrrole nitrogens is 1. The molecule has 2 aromatic carbocycles. The van der Waals surface area contributed by atoms with Crippen LogP contribution in [0.25, 0.3) is 33.9 Å². The van der Waals surface area contributed by atoms with Gasteiger partial charge in [-0.25, -0.2) is 18.1 Å². The van der Waals surface area contributed by atoms with Crippen LogP contribution in [-0.2, 0) is 15.8 Å². The molecular formula is C22H20N4O2S. The molecule has 0 saturated carbocycles. The Kier molecular flexibility index (Phi) is 5.24. The van der Waals surface area contributed by atoms with Crippen LogP contribution in [0.1, 0.15) is 5.56 Å². The Morgan fingerprint density at radius 2 is 1.55 bits per heavy atom. The van der Waals surface area contributed by atoms with Gasteiger partial charge in [-0.3, -0.25) is 4.98 Å². The number of aromatic amines is 1. The second kappa shape index (κ2) is 7.98. The van der Waals surface area contributed by atoms with E-state index in [1.807, 2.05) is 66.7 Å². The second-order valence-electron chi connectivity index (χ2n) is 6.57. The Hall–Kier alpha value is -3.29. The Labute approximate surface area is 169 Å². The van der Waals surface area contributed by atoms with Gasteiger partial charge in [0.25, 0.3) is 0 Å². The van der Waals surface area contributed by atoms with Crippen molar-refractivity contribution in [1.82, 2.24) is 19.7 Å². The van der Waals surface area contributed by atoms with Gasteiger partial charge in [-0.2, -0.15) is 0 Å². The Bertz CT molecular complexity index is 1200. The summed E-state index contributed by atoms with van der Waals surface area (Å²) in [7, 11) is -1.90. The van der Waals surface area contributed by atoms with E-state index in [1.165, 1.54) is 7.05 Å². The molecule has 7 heteroatoms. The lowest BCUT2D eigenvalue weighted by Crippen LogP contribution is -2.20. The molecule has 0 unspecified atom stereocenters. The maximum absolute atomic E-state index is 11.8. The van der Waals surface area contributed by atoms with Gasteiger partial charge in [0.2, 0.25) is 10.0 Å². The van der Waals surface area contributed by atoms with E-state index in [2.05, 4.69) is 14.7 Å². The predicted molar refractivity (Wildman–Crippen MR) is 114 cm³/mol. The first-order valence-electron chi connectivity index (χ1n) is 9.12. The van der Waals surface area contributed by atoms with Crippen molar-refractivity contribution in [3.63, 3.8) is 0 Å². The highest BCUT2D eigenvalue weighted by atomic mass is 32.2. The molecule has 6 nitrogen and oxygen atoms in total. The van der Waals surface area contributed by atoms with Crippen LogP contribution in [0.5, 0.6) is 0 Å². The summed E-state index contributed by atoms with van der Waals surface area (Å²) in [4.78, 5) is 12.4. The van der Waals surface area contributed by atoms with Crippen LogP contribution in [0.2, 0.25) is 0 Å². The minimum absolute atomic E-state index is 0.0587. The number of nitrogens with one attached hydrogen (secondary N) is 2. The first kappa shape index (κ1) is 19.0. The normalized spacial score (nSPS) is 11.5. The number of hydrogen-bond donors (Lipinski definition) is 2. The molecule has 0 aliphatic heterocycles. The van der Waals surface area contributed by atoms with Crippen LogP contribution in [0, 0.1) is 0 Å². The van der Waals surface area contributed by atoms with E-state index >= 15 is 0 Å². The van der Waals surface area contributed by atoms with E-state index in [-0.39, 0.29) is 5.75 Å². The monoisotopic (exact) mass is 404 g/mol.